The quantitative estimate of drug-likeness (QED) is 0.834. The van der Waals surface area contributed by atoms with Crippen molar-refractivity contribution in [3.63, 3.8) is 0 Å². The average molecular weight is 267 g/mol. The molecule has 1 aliphatic heterocycles. The molecule has 6 nitrogen and oxygen atoms in total. The predicted molar refractivity (Wildman–Crippen MR) is 69.6 cm³/mol. The van der Waals surface area contributed by atoms with Crippen molar-refractivity contribution in [2.75, 3.05) is 13.1 Å². The van der Waals surface area contributed by atoms with E-state index in [0.717, 1.165) is 5.56 Å². The second-order valence-electron chi connectivity index (χ2n) is 5.84. The van der Waals surface area contributed by atoms with Crippen LogP contribution < -0.4 is 0 Å². The van der Waals surface area contributed by atoms with Gasteiger partial charge in [0.15, 0.2) is 0 Å². The number of aryl methyl sites for hydroxylation is 1. The molecule has 1 fully saturated rings. The Labute approximate surface area is 113 Å². The summed E-state index contributed by atoms with van der Waals surface area (Å²) >= 11 is 0. The Balaban J connectivity index is 1.67. The summed E-state index contributed by atoms with van der Waals surface area (Å²) in [6, 6.07) is 0. The summed E-state index contributed by atoms with van der Waals surface area (Å²) in [6.45, 7) is 7.30. The van der Waals surface area contributed by atoms with E-state index in [4.69, 9.17) is 9.47 Å². The van der Waals surface area contributed by atoms with Crippen LogP contribution in [0.2, 0.25) is 0 Å². The second kappa shape index (κ2) is 5.21. The smallest absolute Gasteiger partial charge is 0.410 e. The first-order chi connectivity index (χ1) is 8.83. The van der Waals surface area contributed by atoms with Crippen LogP contribution in [0.15, 0.2) is 12.4 Å². The number of rotatable bonds is 3. The van der Waals surface area contributed by atoms with Gasteiger partial charge in [0.25, 0.3) is 0 Å². The molecule has 0 saturated carbocycles. The summed E-state index contributed by atoms with van der Waals surface area (Å²) < 4.78 is 12.7. The maximum absolute atomic E-state index is 11.7. The van der Waals surface area contributed by atoms with Crippen molar-refractivity contribution in [3.8, 4) is 0 Å². The second-order valence-corrected chi connectivity index (χ2v) is 5.84. The number of ether oxygens (including phenoxy) is 2. The predicted octanol–water partition coefficient (Wildman–Crippen LogP) is 1.56. The highest BCUT2D eigenvalue weighted by molar-refractivity contribution is 5.69. The molecule has 0 bridgehead atoms. The minimum Gasteiger partial charge on any atom is -0.444 e. The molecule has 19 heavy (non-hydrogen) atoms. The SMILES string of the molecule is Cn1cc(COC2CN(C(=O)OC(C)(C)C)C2)cn1. The molecule has 0 N–H and O–H groups in total. The number of nitrogens with zero attached hydrogens (tertiary/aromatic N) is 3. The Morgan fingerprint density at radius 2 is 2.16 bits per heavy atom. The van der Waals surface area contributed by atoms with Gasteiger partial charge >= 0.3 is 6.09 Å². The van der Waals surface area contributed by atoms with Gasteiger partial charge in [-0.3, -0.25) is 4.68 Å². The van der Waals surface area contributed by atoms with E-state index in [9.17, 15) is 4.79 Å². The van der Waals surface area contributed by atoms with Crippen molar-refractivity contribution in [2.45, 2.75) is 39.1 Å². The van der Waals surface area contributed by atoms with Crippen LogP contribution in [0.3, 0.4) is 0 Å². The average Bonchev–Trinajstić information content (AvgIpc) is 2.59. The van der Waals surface area contributed by atoms with Crippen LogP contribution in [0, 0.1) is 0 Å². The molecule has 0 aliphatic carbocycles. The van der Waals surface area contributed by atoms with Crippen LogP contribution >= 0.6 is 0 Å². The first-order valence-corrected chi connectivity index (χ1v) is 6.40. The normalized spacial score (nSPS) is 16.3. The molecule has 0 unspecified atom stereocenters. The van der Waals surface area contributed by atoms with E-state index in [1.807, 2.05) is 34.0 Å². The molecular weight excluding hydrogens is 246 g/mol. The van der Waals surface area contributed by atoms with E-state index < -0.39 is 5.60 Å². The largest absolute Gasteiger partial charge is 0.444 e. The topological polar surface area (TPSA) is 56.6 Å². The third-order valence-electron chi connectivity index (χ3n) is 2.74. The van der Waals surface area contributed by atoms with Crippen molar-refractivity contribution in [1.82, 2.24) is 14.7 Å². The lowest BCUT2D eigenvalue weighted by atomic mass is 10.1. The highest BCUT2D eigenvalue weighted by Gasteiger charge is 2.34. The molecule has 106 valence electrons. The highest BCUT2D eigenvalue weighted by Crippen LogP contribution is 2.18. The maximum Gasteiger partial charge on any atom is 0.410 e. The van der Waals surface area contributed by atoms with Gasteiger partial charge in [-0.15, -0.1) is 0 Å². The third kappa shape index (κ3) is 3.96. The van der Waals surface area contributed by atoms with E-state index >= 15 is 0 Å². The molecule has 0 atom stereocenters. The number of carbonyl (C=O) groups excluding carboxylic acids is 1. The van der Waals surface area contributed by atoms with E-state index in [1.54, 1.807) is 15.8 Å². The fourth-order valence-electron chi connectivity index (χ4n) is 1.78. The maximum atomic E-state index is 11.7. The Bertz CT molecular complexity index is 444. The van der Waals surface area contributed by atoms with Crippen LogP contribution in [0.25, 0.3) is 0 Å². The van der Waals surface area contributed by atoms with Crippen molar-refractivity contribution in [1.29, 1.82) is 0 Å². The minimum atomic E-state index is -0.446. The lowest BCUT2D eigenvalue weighted by Gasteiger charge is -2.39. The van der Waals surface area contributed by atoms with Gasteiger partial charge in [0.1, 0.15) is 5.60 Å². The summed E-state index contributed by atoms with van der Waals surface area (Å²) in [7, 11) is 1.87. The Morgan fingerprint density at radius 3 is 2.68 bits per heavy atom. The monoisotopic (exact) mass is 267 g/mol. The summed E-state index contributed by atoms with van der Waals surface area (Å²) in [6.07, 6.45) is 3.52. The zero-order valence-electron chi connectivity index (χ0n) is 11.9. The van der Waals surface area contributed by atoms with Gasteiger partial charge in [-0.1, -0.05) is 0 Å². The van der Waals surface area contributed by atoms with Crippen molar-refractivity contribution >= 4 is 6.09 Å². The third-order valence-corrected chi connectivity index (χ3v) is 2.74. The number of amides is 1. The van der Waals surface area contributed by atoms with Crippen molar-refractivity contribution < 1.29 is 14.3 Å². The van der Waals surface area contributed by atoms with Gasteiger partial charge in [0.2, 0.25) is 0 Å². The van der Waals surface area contributed by atoms with E-state index in [0.29, 0.717) is 19.7 Å². The van der Waals surface area contributed by atoms with Crippen molar-refractivity contribution in [3.05, 3.63) is 18.0 Å². The van der Waals surface area contributed by atoms with E-state index in [-0.39, 0.29) is 12.2 Å². The zero-order valence-corrected chi connectivity index (χ0v) is 11.9. The fourth-order valence-corrected chi connectivity index (χ4v) is 1.78. The molecule has 1 saturated heterocycles. The molecular formula is C13H21N3O3. The molecule has 1 amide bonds. The number of aromatic nitrogens is 2. The van der Waals surface area contributed by atoms with Gasteiger partial charge < -0.3 is 14.4 Å². The number of carbonyl (C=O) groups is 1. The molecule has 1 aromatic rings. The molecule has 1 aromatic heterocycles. The number of hydrogen-bond acceptors (Lipinski definition) is 4. The summed E-state index contributed by atoms with van der Waals surface area (Å²) in [5.41, 5.74) is 0.594. The fraction of sp³-hybridized carbons (Fsp3) is 0.692. The Kier molecular flexibility index (Phi) is 3.80. The van der Waals surface area contributed by atoms with Crippen LogP contribution in [0.5, 0.6) is 0 Å². The van der Waals surface area contributed by atoms with Crippen LogP contribution in [0.1, 0.15) is 26.3 Å². The molecule has 6 heteroatoms. The molecule has 0 spiro atoms. The lowest BCUT2D eigenvalue weighted by molar-refractivity contribution is -0.0691. The van der Waals surface area contributed by atoms with Gasteiger partial charge in [-0.2, -0.15) is 5.10 Å². The molecule has 0 aromatic carbocycles. The first kappa shape index (κ1) is 13.9. The van der Waals surface area contributed by atoms with E-state index in [2.05, 4.69) is 5.10 Å². The van der Waals surface area contributed by atoms with Crippen LogP contribution in [-0.4, -0.2) is 45.6 Å². The van der Waals surface area contributed by atoms with Gasteiger partial charge in [0, 0.05) is 18.8 Å². The zero-order chi connectivity index (χ0) is 14.0. The Morgan fingerprint density at radius 1 is 1.47 bits per heavy atom. The molecule has 1 aliphatic rings. The lowest BCUT2D eigenvalue weighted by Crippen LogP contribution is -2.55. The van der Waals surface area contributed by atoms with Crippen LogP contribution in [0.4, 0.5) is 4.79 Å². The number of likely N-dealkylation sites (tertiary alicyclic amines) is 1. The molecule has 0 radical (unpaired) electrons. The summed E-state index contributed by atoms with van der Waals surface area (Å²) in [5, 5.41) is 4.07. The summed E-state index contributed by atoms with van der Waals surface area (Å²) in [4.78, 5) is 13.4. The standard InChI is InChI=1S/C13H21N3O3/c1-13(2,3)19-12(17)16-7-11(8-16)18-9-10-5-14-15(4)6-10/h5-6,11H,7-9H2,1-4H3. The van der Waals surface area contributed by atoms with Gasteiger partial charge in [-0.25, -0.2) is 4.79 Å². The molecule has 2 heterocycles. The van der Waals surface area contributed by atoms with Gasteiger partial charge in [-0.05, 0) is 20.8 Å². The Hall–Kier alpha value is -1.56. The first-order valence-electron chi connectivity index (χ1n) is 6.40. The molecule has 2 rings (SSSR count). The number of hydrogen-bond donors (Lipinski definition) is 0. The van der Waals surface area contributed by atoms with E-state index in [1.165, 1.54) is 0 Å². The van der Waals surface area contributed by atoms with Crippen molar-refractivity contribution in [2.24, 2.45) is 7.05 Å². The van der Waals surface area contributed by atoms with Crippen LogP contribution in [-0.2, 0) is 23.1 Å². The summed E-state index contributed by atoms with van der Waals surface area (Å²) in [5.74, 6) is 0. The van der Waals surface area contributed by atoms with Gasteiger partial charge in [0.05, 0.1) is 32.0 Å². The minimum absolute atomic E-state index is 0.0905. The highest BCUT2D eigenvalue weighted by atomic mass is 16.6.